The minimum atomic E-state index is 0.110. The fraction of sp³-hybridized carbons (Fsp3) is 0.550. The number of nitrogens with one attached hydrogen (secondary N) is 1. The van der Waals surface area contributed by atoms with Gasteiger partial charge in [-0.15, -0.1) is 5.10 Å². The van der Waals surface area contributed by atoms with Crippen molar-refractivity contribution in [2.24, 2.45) is 0 Å². The van der Waals surface area contributed by atoms with Crippen LogP contribution in [-0.4, -0.2) is 45.1 Å². The van der Waals surface area contributed by atoms with E-state index in [-0.39, 0.29) is 6.03 Å². The van der Waals surface area contributed by atoms with Gasteiger partial charge in [0, 0.05) is 24.7 Å². The van der Waals surface area contributed by atoms with Crippen molar-refractivity contribution < 1.29 is 4.79 Å². The number of rotatable bonds is 3. The minimum absolute atomic E-state index is 0.110. The maximum absolute atomic E-state index is 12.5. The summed E-state index contributed by atoms with van der Waals surface area (Å²) < 4.78 is 1.97. The van der Waals surface area contributed by atoms with Crippen LogP contribution in [0, 0.1) is 0 Å². The molecule has 1 aliphatic carbocycles. The number of urea groups is 1. The number of carbonyl (C=O) groups excluding carboxylic acids is 1. The Bertz CT molecular complexity index is 715. The predicted molar refractivity (Wildman–Crippen MR) is 101 cm³/mol. The molecule has 26 heavy (non-hydrogen) atoms. The van der Waals surface area contributed by atoms with Crippen LogP contribution in [0.25, 0.3) is 11.3 Å². The normalized spacial score (nSPS) is 19.5. The Labute approximate surface area is 154 Å². The van der Waals surface area contributed by atoms with E-state index in [0.717, 1.165) is 50.0 Å². The standard InChI is InChI=1S/C20H27N5O/c26-20(21-17-9-5-2-6-10-17)24-13-11-18(12-14-24)25-15-19(22-23-25)16-7-3-1-4-8-16/h1,3-4,7-8,15,17-18H,2,5-6,9-14H2,(H,21,26). The Morgan fingerprint density at radius 1 is 1.00 bits per heavy atom. The first-order chi connectivity index (χ1) is 12.8. The monoisotopic (exact) mass is 353 g/mol. The van der Waals surface area contributed by atoms with Gasteiger partial charge in [0.25, 0.3) is 0 Å². The molecule has 2 aliphatic rings. The number of amides is 2. The summed E-state index contributed by atoms with van der Waals surface area (Å²) in [5.74, 6) is 0. The van der Waals surface area contributed by atoms with Gasteiger partial charge in [0.15, 0.2) is 0 Å². The van der Waals surface area contributed by atoms with E-state index in [1.807, 2.05) is 46.1 Å². The second kappa shape index (κ2) is 7.89. The summed E-state index contributed by atoms with van der Waals surface area (Å²) in [7, 11) is 0. The van der Waals surface area contributed by atoms with Crippen LogP contribution in [0.2, 0.25) is 0 Å². The van der Waals surface area contributed by atoms with Crippen molar-refractivity contribution in [1.82, 2.24) is 25.2 Å². The molecule has 1 aromatic carbocycles. The summed E-state index contributed by atoms with van der Waals surface area (Å²) in [5, 5.41) is 11.9. The highest BCUT2D eigenvalue weighted by molar-refractivity contribution is 5.74. The molecule has 6 heteroatoms. The zero-order chi connectivity index (χ0) is 17.8. The van der Waals surface area contributed by atoms with E-state index in [2.05, 4.69) is 15.6 Å². The number of nitrogens with zero attached hydrogens (tertiary/aromatic N) is 4. The Kier molecular flexibility index (Phi) is 5.18. The fourth-order valence-corrected chi connectivity index (χ4v) is 4.04. The first-order valence-corrected chi connectivity index (χ1v) is 9.82. The molecule has 2 amide bonds. The number of carbonyl (C=O) groups is 1. The van der Waals surface area contributed by atoms with E-state index in [4.69, 9.17) is 0 Å². The second-order valence-electron chi connectivity index (χ2n) is 7.45. The molecule has 1 saturated carbocycles. The molecule has 1 aromatic heterocycles. The van der Waals surface area contributed by atoms with Crippen molar-refractivity contribution in [3.8, 4) is 11.3 Å². The summed E-state index contributed by atoms with van der Waals surface area (Å²) >= 11 is 0. The Morgan fingerprint density at radius 2 is 1.73 bits per heavy atom. The van der Waals surface area contributed by atoms with Crippen molar-refractivity contribution >= 4 is 6.03 Å². The lowest BCUT2D eigenvalue weighted by molar-refractivity contribution is 0.162. The van der Waals surface area contributed by atoms with E-state index in [9.17, 15) is 4.79 Å². The Morgan fingerprint density at radius 3 is 2.46 bits per heavy atom. The predicted octanol–water partition coefficient (Wildman–Crippen LogP) is 3.62. The number of piperidine rings is 1. The van der Waals surface area contributed by atoms with Crippen molar-refractivity contribution in [3.63, 3.8) is 0 Å². The third kappa shape index (κ3) is 3.89. The minimum Gasteiger partial charge on any atom is -0.335 e. The van der Waals surface area contributed by atoms with Gasteiger partial charge < -0.3 is 10.2 Å². The summed E-state index contributed by atoms with van der Waals surface area (Å²) in [6.07, 6.45) is 9.92. The number of hydrogen-bond donors (Lipinski definition) is 1. The molecule has 0 unspecified atom stereocenters. The molecule has 6 nitrogen and oxygen atoms in total. The summed E-state index contributed by atoms with van der Waals surface area (Å²) in [4.78, 5) is 14.4. The topological polar surface area (TPSA) is 63.1 Å². The van der Waals surface area contributed by atoms with Crippen LogP contribution < -0.4 is 5.32 Å². The SMILES string of the molecule is O=C(NC1CCCCC1)N1CCC(n2cc(-c3ccccc3)nn2)CC1. The quantitative estimate of drug-likeness (QED) is 0.916. The first kappa shape index (κ1) is 17.1. The van der Waals surface area contributed by atoms with E-state index in [1.165, 1.54) is 19.3 Å². The zero-order valence-corrected chi connectivity index (χ0v) is 15.2. The molecule has 1 aliphatic heterocycles. The van der Waals surface area contributed by atoms with Gasteiger partial charge in [-0.2, -0.15) is 0 Å². The summed E-state index contributed by atoms with van der Waals surface area (Å²) in [5.41, 5.74) is 1.99. The average Bonchev–Trinajstić information content (AvgIpc) is 3.20. The van der Waals surface area contributed by atoms with E-state index < -0.39 is 0 Å². The van der Waals surface area contributed by atoms with Crippen molar-refractivity contribution in [3.05, 3.63) is 36.5 Å². The Hall–Kier alpha value is -2.37. The molecule has 4 rings (SSSR count). The lowest BCUT2D eigenvalue weighted by atomic mass is 9.95. The van der Waals surface area contributed by atoms with Crippen molar-refractivity contribution in [2.45, 2.75) is 57.0 Å². The highest BCUT2D eigenvalue weighted by atomic mass is 16.2. The largest absolute Gasteiger partial charge is 0.335 e. The maximum Gasteiger partial charge on any atom is 0.317 e. The molecule has 0 atom stereocenters. The van der Waals surface area contributed by atoms with E-state index in [1.54, 1.807) is 0 Å². The van der Waals surface area contributed by atoms with Gasteiger partial charge in [-0.1, -0.05) is 54.8 Å². The fourth-order valence-electron chi connectivity index (χ4n) is 4.04. The molecule has 2 heterocycles. The lowest BCUT2D eigenvalue weighted by Crippen LogP contribution is -2.48. The third-order valence-electron chi connectivity index (χ3n) is 5.64. The molecule has 138 valence electrons. The van der Waals surface area contributed by atoms with Crippen LogP contribution in [0.15, 0.2) is 36.5 Å². The van der Waals surface area contributed by atoms with Crippen LogP contribution in [0.3, 0.4) is 0 Å². The van der Waals surface area contributed by atoms with Crippen LogP contribution in [-0.2, 0) is 0 Å². The zero-order valence-electron chi connectivity index (χ0n) is 15.2. The summed E-state index contributed by atoms with van der Waals surface area (Å²) in [6.45, 7) is 1.56. The first-order valence-electron chi connectivity index (χ1n) is 9.82. The van der Waals surface area contributed by atoms with Gasteiger partial charge in [0.2, 0.25) is 0 Å². The van der Waals surface area contributed by atoms with Gasteiger partial charge in [0.05, 0.1) is 12.2 Å². The number of aromatic nitrogens is 3. The third-order valence-corrected chi connectivity index (χ3v) is 5.64. The van der Waals surface area contributed by atoms with Gasteiger partial charge in [-0.25, -0.2) is 9.48 Å². The molecule has 1 saturated heterocycles. The molecule has 2 fully saturated rings. The molecular weight excluding hydrogens is 326 g/mol. The second-order valence-corrected chi connectivity index (χ2v) is 7.45. The average molecular weight is 353 g/mol. The van der Waals surface area contributed by atoms with Crippen LogP contribution in [0.4, 0.5) is 4.79 Å². The molecule has 2 aromatic rings. The Balaban J connectivity index is 1.31. The number of hydrogen-bond acceptors (Lipinski definition) is 3. The highest BCUT2D eigenvalue weighted by Crippen LogP contribution is 2.24. The van der Waals surface area contributed by atoms with Crippen molar-refractivity contribution in [1.29, 1.82) is 0 Å². The van der Waals surface area contributed by atoms with Gasteiger partial charge in [0.1, 0.15) is 5.69 Å². The van der Waals surface area contributed by atoms with Crippen LogP contribution >= 0.6 is 0 Å². The lowest BCUT2D eigenvalue weighted by Gasteiger charge is -2.33. The van der Waals surface area contributed by atoms with Crippen molar-refractivity contribution in [2.75, 3.05) is 13.1 Å². The van der Waals surface area contributed by atoms with Gasteiger partial charge in [-0.3, -0.25) is 0 Å². The van der Waals surface area contributed by atoms with E-state index in [0.29, 0.717) is 12.1 Å². The smallest absolute Gasteiger partial charge is 0.317 e. The number of likely N-dealkylation sites (tertiary alicyclic amines) is 1. The molecule has 1 N–H and O–H groups in total. The maximum atomic E-state index is 12.5. The van der Waals surface area contributed by atoms with Crippen LogP contribution in [0.5, 0.6) is 0 Å². The highest BCUT2D eigenvalue weighted by Gasteiger charge is 2.26. The molecule has 0 spiro atoms. The van der Waals surface area contributed by atoms with Gasteiger partial charge in [-0.05, 0) is 25.7 Å². The molecule has 0 radical (unpaired) electrons. The number of benzene rings is 1. The molecular formula is C20H27N5O. The molecule has 0 bridgehead atoms. The van der Waals surface area contributed by atoms with Crippen LogP contribution in [0.1, 0.15) is 51.0 Å². The van der Waals surface area contributed by atoms with E-state index >= 15 is 0 Å². The summed E-state index contributed by atoms with van der Waals surface area (Å²) in [6, 6.07) is 10.9. The van der Waals surface area contributed by atoms with Gasteiger partial charge >= 0.3 is 6.03 Å².